The molecule has 9 nitrogen and oxygen atoms in total. The number of ether oxygens (including phenoxy) is 1. The van der Waals surface area contributed by atoms with E-state index in [4.69, 9.17) is 16.3 Å². The van der Waals surface area contributed by atoms with E-state index in [1.165, 1.54) is 12.1 Å². The van der Waals surface area contributed by atoms with Gasteiger partial charge in [-0.15, -0.1) is 0 Å². The molecule has 0 heterocycles. The number of hydrogen-bond acceptors (Lipinski definition) is 6. The Hall–Kier alpha value is -3.17. The smallest absolute Gasteiger partial charge is 0.270 e. The Labute approximate surface area is 179 Å². The standard InChI is InChI=1S/C20H23ClN4O5/c1-24(2)18-8-5-13(11-16(18)19(26)22-9-4-10-30-3)23-20(27)15-7-6-14(25(28)29)12-17(15)21/h5-8,11-12H,4,9-10H2,1-3H3,(H,22,26)(H,23,27). The van der Waals surface area contributed by atoms with Gasteiger partial charge in [0, 0.05) is 57.9 Å². The summed E-state index contributed by atoms with van der Waals surface area (Å²) in [6.45, 7) is 0.988. The first-order valence-corrected chi connectivity index (χ1v) is 9.46. The summed E-state index contributed by atoms with van der Waals surface area (Å²) in [5.41, 5.74) is 1.35. The molecule has 0 fully saturated rings. The van der Waals surface area contributed by atoms with Crippen molar-refractivity contribution in [1.82, 2.24) is 5.32 Å². The molecule has 0 aromatic heterocycles. The second kappa shape index (κ2) is 10.6. The summed E-state index contributed by atoms with van der Waals surface area (Å²) >= 11 is 6.02. The van der Waals surface area contributed by atoms with Crippen LogP contribution in [0.1, 0.15) is 27.1 Å². The summed E-state index contributed by atoms with van der Waals surface area (Å²) in [5.74, 6) is -0.821. The maximum absolute atomic E-state index is 12.6. The summed E-state index contributed by atoms with van der Waals surface area (Å²) in [7, 11) is 5.22. The quantitative estimate of drug-likeness (QED) is 0.355. The molecule has 10 heteroatoms. The number of halogens is 1. The van der Waals surface area contributed by atoms with Crippen molar-refractivity contribution in [2.24, 2.45) is 0 Å². The zero-order valence-electron chi connectivity index (χ0n) is 16.9. The van der Waals surface area contributed by atoms with Crippen LogP contribution in [-0.4, -0.2) is 51.1 Å². The maximum Gasteiger partial charge on any atom is 0.270 e. The molecule has 0 unspecified atom stereocenters. The van der Waals surface area contributed by atoms with Crippen molar-refractivity contribution in [3.63, 3.8) is 0 Å². The Morgan fingerprint density at radius 2 is 1.87 bits per heavy atom. The van der Waals surface area contributed by atoms with Gasteiger partial charge in [-0.1, -0.05) is 11.6 Å². The van der Waals surface area contributed by atoms with Crippen LogP contribution in [0.4, 0.5) is 17.1 Å². The molecule has 0 saturated carbocycles. The lowest BCUT2D eigenvalue weighted by molar-refractivity contribution is -0.384. The van der Waals surface area contributed by atoms with Crippen LogP contribution in [0.25, 0.3) is 0 Å². The molecule has 160 valence electrons. The molecular formula is C20H23ClN4O5. The Morgan fingerprint density at radius 3 is 2.47 bits per heavy atom. The Balaban J connectivity index is 2.22. The number of nitrogens with one attached hydrogen (secondary N) is 2. The second-order valence-electron chi connectivity index (χ2n) is 6.60. The van der Waals surface area contributed by atoms with Crippen molar-refractivity contribution in [2.75, 3.05) is 44.6 Å². The van der Waals surface area contributed by atoms with Crippen LogP contribution in [-0.2, 0) is 4.74 Å². The van der Waals surface area contributed by atoms with Gasteiger partial charge in [-0.25, -0.2) is 0 Å². The summed E-state index contributed by atoms with van der Waals surface area (Å²) in [4.78, 5) is 37.2. The molecule has 0 aliphatic carbocycles. The number of benzene rings is 2. The number of carbonyl (C=O) groups is 2. The number of amides is 2. The van der Waals surface area contributed by atoms with E-state index >= 15 is 0 Å². The lowest BCUT2D eigenvalue weighted by Gasteiger charge is -2.18. The van der Waals surface area contributed by atoms with Gasteiger partial charge >= 0.3 is 0 Å². The first kappa shape index (κ1) is 23.1. The number of nitro benzene ring substituents is 1. The number of non-ortho nitro benzene ring substituents is 1. The fourth-order valence-electron chi connectivity index (χ4n) is 2.70. The molecule has 0 radical (unpaired) electrons. The average Bonchev–Trinajstić information content (AvgIpc) is 2.70. The monoisotopic (exact) mass is 434 g/mol. The highest BCUT2D eigenvalue weighted by atomic mass is 35.5. The van der Waals surface area contributed by atoms with Crippen molar-refractivity contribution in [2.45, 2.75) is 6.42 Å². The molecule has 0 atom stereocenters. The van der Waals surface area contributed by atoms with Gasteiger partial charge in [-0.05, 0) is 30.7 Å². The molecule has 2 aromatic carbocycles. The number of rotatable bonds is 9. The zero-order chi connectivity index (χ0) is 22.3. The SMILES string of the molecule is COCCCNC(=O)c1cc(NC(=O)c2ccc([N+](=O)[O-])cc2Cl)ccc1N(C)C. The van der Waals surface area contributed by atoms with Gasteiger partial charge in [0.2, 0.25) is 0 Å². The van der Waals surface area contributed by atoms with Crippen LogP contribution >= 0.6 is 11.6 Å². The highest BCUT2D eigenvalue weighted by Crippen LogP contribution is 2.26. The van der Waals surface area contributed by atoms with Crippen LogP contribution in [0.2, 0.25) is 5.02 Å². The van der Waals surface area contributed by atoms with Crippen LogP contribution in [0.5, 0.6) is 0 Å². The number of nitro groups is 1. The van der Waals surface area contributed by atoms with E-state index in [2.05, 4.69) is 10.6 Å². The van der Waals surface area contributed by atoms with E-state index in [9.17, 15) is 19.7 Å². The van der Waals surface area contributed by atoms with E-state index in [1.54, 1.807) is 30.2 Å². The van der Waals surface area contributed by atoms with Crippen molar-refractivity contribution >= 4 is 40.5 Å². The molecule has 0 aliphatic heterocycles. The normalized spacial score (nSPS) is 10.4. The van der Waals surface area contributed by atoms with Gasteiger partial charge in [0.1, 0.15) is 0 Å². The summed E-state index contributed by atoms with van der Waals surface area (Å²) in [5, 5.41) is 16.3. The predicted molar refractivity (Wildman–Crippen MR) is 116 cm³/mol. The lowest BCUT2D eigenvalue weighted by Crippen LogP contribution is -2.27. The molecule has 2 aromatic rings. The van der Waals surface area contributed by atoms with Gasteiger partial charge in [-0.3, -0.25) is 19.7 Å². The summed E-state index contributed by atoms with van der Waals surface area (Å²) in [6, 6.07) is 8.55. The largest absolute Gasteiger partial charge is 0.385 e. The summed E-state index contributed by atoms with van der Waals surface area (Å²) < 4.78 is 4.97. The van der Waals surface area contributed by atoms with E-state index in [-0.39, 0.29) is 22.2 Å². The van der Waals surface area contributed by atoms with Crippen molar-refractivity contribution in [3.05, 3.63) is 62.7 Å². The highest BCUT2D eigenvalue weighted by molar-refractivity contribution is 6.34. The van der Waals surface area contributed by atoms with Gasteiger partial charge in [0.25, 0.3) is 17.5 Å². The highest BCUT2D eigenvalue weighted by Gasteiger charge is 2.18. The number of nitrogens with zero attached hydrogens (tertiary/aromatic N) is 2. The number of hydrogen-bond donors (Lipinski definition) is 2. The molecule has 30 heavy (non-hydrogen) atoms. The summed E-state index contributed by atoms with van der Waals surface area (Å²) in [6.07, 6.45) is 0.675. The molecule has 2 N–H and O–H groups in total. The first-order valence-electron chi connectivity index (χ1n) is 9.08. The van der Waals surface area contributed by atoms with E-state index < -0.39 is 10.8 Å². The Bertz CT molecular complexity index is 949. The number of methoxy groups -OCH3 is 1. The van der Waals surface area contributed by atoms with Crippen molar-refractivity contribution in [3.8, 4) is 0 Å². The Kier molecular flexibility index (Phi) is 8.14. The predicted octanol–water partition coefficient (Wildman–Crippen LogP) is 3.33. The average molecular weight is 435 g/mol. The first-order chi connectivity index (χ1) is 14.2. The van der Waals surface area contributed by atoms with E-state index in [0.717, 1.165) is 6.07 Å². The van der Waals surface area contributed by atoms with Gasteiger partial charge < -0.3 is 20.3 Å². The third kappa shape index (κ3) is 5.91. The minimum absolute atomic E-state index is 0.0391. The van der Waals surface area contributed by atoms with Crippen LogP contribution < -0.4 is 15.5 Å². The molecule has 0 bridgehead atoms. The fraction of sp³-hybridized carbons (Fsp3) is 0.300. The minimum Gasteiger partial charge on any atom is -0.385 e. The minimum atomic E-state index is -0.592. The molecule has 2 amide bonds. The van der Waals surface area contributed by atoms with E-state index in [0.29, 0.717) is 36.5 Å². The Morgan fingerprint density at radius 1 is 1.13 bits per heavy atom. The third-order valence-corrected chi connectivity index (χ3v) is 4.51. The van der Waals surface area contributed by atoms with Crippen molar-refractivity contribution in [1.29, 1.82) is 0 Å². The lowest BCUT2D eigenvalue weighted by atomic mass is 10.1. The van der Waals surface area contributed by atoms with Gasteiger partial charge in [-0.2, -0.15) is 0 Å². The fourth-order valence-corrected chi connectivity index (χ4v) is 2.96. The van der Waals surface area contributed by atoms with Gasteiger partial charge in [0.15, 0.2) is 0 Å². The molecule has 0 saturated heterocycles. The third-order valence-electron chi connectivity index (χ3n) is 4.20. The number of anilines is 2. The van der Waals surface area contributed by atoms with Crippen LogP contribution in [0, 0.1) is 10.1 Å². The molecule has 0 spiro atoms. The molecular weight excluding hydrogens is 412 g/mol. The second-order valence-corrected chi connectivity index (χ2v) is 7.01. The molecule has 2 rings (SSSR count). The van der Waals surface area contributed by atoms with Crippen molar-refractivity contribution < 1.29 is 19.2 Å². The molecule has 0 aliphatic rings. The zero-order valence-corrected chi connectivity index (χ0v) is 17.7. The van der Waals surface area contributed by atoms with E-state index in [1.807, 2.05) is 14.1 Å². The van der Waals surface area contributed by atoms with Gasteiger partial charge in [0.05, 0.1) is 21.1 Å². The number of carbonyl (C=O) groups excluding carboxylic acids is 2. The topological polar surface area (TPSA) is 114 Å². The van der Waals surface area contributed by atoms with Crippen LogP contribution in [0.15, 0.2) is 36.4 Å². The van der Waals surface area contributed by atoms with Crippen LogP contribution in [0.3, 0.4) is 0 Å². The maximum atomic E-state index is 12.6.